The summed E-state index contributed by atoms with van der Waals surface area (Å²) < 4.78 is 34.0. The number of piperidine rings is 3. The van der Waals surface area contributed by atoms with Crippen LogP contribution in [0.1, 0.15) is 255 Å². The molecule has 14 heteroatoms. The van der Waals surface area contributed by atoms with E-state index in [1.165, 1.54) is 68.8 Å². The molecule has 5 fully saturated rings. The molecule has 0 bridgehead atoms. The molecule has 494 valence electrons. The van der Waals surface area contributed by atoms with E-state index in [9.17, 15) is 28.0 Å². The zero-order valence-corrected chi connectivity index (χ0v) is 55.9. The van der Waals surface area contributed by atoms with Gasteiger partial charge in [0, 0.05) is 44.2 Å². The minimum Gasteiger partial charge on any atom is -0.381 e. The lowest BCUT2D eigenvalue weighted by Gasteiger charge is -2.49. The van der Waals surface area contributed by atoms with Crippen LogP contribution in [0, 0.1) is 33.8 Å². The Morgan fingerprint density at radius 3 is 1.48 bits per heavy atom. The Morgan fingerprint density at radius 2 is 1.02 bits per heavy atom. The van der Waals surface area contributed by atoms with Crippen molar-refractivity contribution in [2.75, 3.05) is 65.6 Å². The van der Waals surface area contributed by atoms with Crippen LogP contribution in [0.3, 0.4) is 0 Å². The van der Waals surface area contributed by atoms with Crippen molar-refractivity contribution in [3.8, 4) is 0 Å². The first kappa shape index (κ1) is 67.6. The van der Waals surface area contributed by atoms with Crippen LogP contribution < -0.4 is 21.3 Å². The van der Waals surface area contributed by atoms with Gasteiger partial charge in [-0.15, -0.1) is 0 Å². The number of ether oxygens (including phenoxy) is 1. The van der Waals surface area contributed by atoms with Gasteiger partial charge in [-0.3, -0.25) is 19.2 Å². The molecule has 8 aliphatic rings. The molecule has 3 aromatic carbocycles. The number of hydrogen-bond donors (Lipinski definition) is 4. The molecule has 5 heterocycles. The molecule has 3 spiro atoms. The van der Waals surface area contributed by atoms with Gasteiger partial charge >= 0.3 is 0 Å². The van der Waals surface area contributed by atoms with Crippen LogP contribution in [0.4, 0.5) is 8.78 Å². The van der Waals surface area contributed by atoms with Gasteiger partial charge in [0.2, 0.25) is 23.6 Å². The molecule has 0 saturated carbocycles. The summed E-state index contributed by atoms with van der Waals surface area (Å²) in [6.07, 6.45) is 18.9. The third-order valence-corrected chi connectivity index (χ3v) is 21.7. The zero-order chi connectivity index (χ0) is 63.2. The zero-order valence-electron chi connectivity index (χ0n) is 55.9. The lowest BCUT2D eigenvalue weighted by Crippen LogP contribution is -2.49. The second-order valence-electron chi connectivity index (χ2n) is 31.9. The largest absolute Gasteiger partial charge is 0.381 e. The Kier molecular flexibility index (Phi) is 21.8. The Bertz CT molecular complexity index is 2880. The van der Waals surface area contributed by atoms with Gasteiger partial charge in [-0.1, -0.05) is 98.7 Å². The van der Waals surface area contributed by atoms with E-state index in [1.807, 2.05) is 12.1 Å². The molecule has 4 amide bonds. The lowest BCUT2D eigenvalue weighted by atomic mass is 9.63. The summed E-state index contributed by atoms with van der Waals surface area (Å²) in [5, 5.41) is 12.4. The number of rotatable bonds is 11. The van der Waals surface area contributed by atoms with E-state index in [0.717, 1.165) is 132 Å². The van der Waals surface area contributed by atoms with Crippen molar-refractivity contribution in [1.82, 2.24) is 36.0 Å². The third-order valence-electron chi connectivity index (χ3n) is 21.7. The molecule has 3 aromatic rings. The van der Waals surface area contributed by atoms with E-state index in [2.05, 4.69) is 129 Å². The minimum absolute atomic E-state index is 0. The van der Waals surface area contributed by atoms with Gasteiger partial charge in [-0.2, -0.15) is 0 Å². The van der Waals surface area contributed by atoms with Gasteiger partial charge in [0.05, 0.1) is 18.1 Å². The predicted octanol–water partition coefficient (Wildman–Crippen LogP) is 14.6. The second kappa shape index (κ2) is 28.4. The first-order valence-electron chi connectivity index (χ1n) is 34.2. The fraction of sp³-hybridized carbons (Fsp3) is 0.703. The number of nitrogens with zero attached hydrogens (tertiary/aromatic N) is 3. The minimum atomic E-state index is -0.446. The quantitative estimate of drug-likeness (QED) is 0.149. The van der Waals surface area contributed by atoms with Crippen LogP contribution in [0.25, 0.3) is 0 Å². The average Bonchev–Trinajstić information content (AvgIpc) is 0.804. The molecule has 5 atom stereocenters. The van der Waals surface area contributed by atoms with E-state index >= 15 is 0 Å². The van der Waals surface area contributed by atoms with E-state index in [1.54, 1.807) is 25.1 Å². The summed E-state index contributed by atoms with van der Waals surface area (Å²) in [6.45, 7) is 35.0. The summed E-state index contributed by atoms with van der Waals surface area (Å²) in [7, 11) is 0. The number of carbonyl (C=O) groups excluding carboxylic acids is 4. The molecular formula is C74H119F2N7O5. The highest BCUT2D eigenvalue weighted by Gasteiger charge is 2.46. The van der Waals surface area contributed by atoms with Crippen molar-refractivity contribution in [2.45, 2.75) is 245 Å². The monoisotopic (exact) mass is 1220 g/mol. The highest BCUT2D eigenvalue weighted by molar-refractivity contribution is 5.91. The topological polar surface area (TPSA) is 135 Å². The summed E-state index contributed by atoms with van der Waals surface area (Å²) in [6, 6.07) is 19.4. The van der Waals surface area contributed by atoms with Crippen LogP contribution in [0.2, 0.25) is 0 Å². The maximum Gasteiger partial charge on any atom is 0.243 e. The summed E-state index contributed by atoms with van der Waals surface area (Å²) in [5.41, 5.74) is 8.69. The number of halogens is 2. The average molecular weight is 1220 g/mol. The van der Waals surface area contributed by atoms with Gasteiger partial charge in [-0.25, -0.2) is 8.78 Å². The van der Waals surface area contributed by atoms with Crippen molar-refractivity contribution in [3.63, 3.8) is 0 Å². The molecule has 4 N–H and O–H groups in total. The number of amides is 4. The van der Waals surface area contributed by atoms with Gasteiger partial charge in [-0.05, 0) is 265 Å². The van der Waals surface area contributed by atoms with Gasteiger partial charge in [0.1, 0.15) is 17.7 Å². The number of carbonyl (C=O) groups is 4. The highest BCUT2D eigenvalue weighted by atomic mass is 19.1. The highest BCUT2D eigenvalue weighted by Crippen LogP contribution is 2.51. The summed E-state index contributed by atoms with van der Waals surface area (Å²) in [5.74, 6) is -0.307. The SMILES string of the molecule is CC(=O)N[C@H]1CCC2(CCN(C(C)CC(C)(C)C)CC2)c2ccccc21.CC(C)(C)CCN1CCC2(CC[C@H](NC(=O)C3CCOCC3)c3ccc(F)cc32)CC1.CC(C)(C)CCN1CCC2(CC[C@H](NC(=O)[C@H]3CCC(=O)N3)c3ccc(F)cc32)CC1.[HH].[HH].[HH].[HH]. The van der Waals surface area contributed by atoms with Gasteiger partial charge in [0.15, 0.2) is 0 Å². The molecule has 3 aliphatic carbocycles. The van der Waals surface area contributed by atoms with Gasteiger partial charge < -0.3 is 40.7 Å². The van der Waals surface area contributed by atoms with Crippen molar-refractivity contribution in [1.29, 1.82) is 0 Å². The van der Waals surface area contributed by atoms with Crippen LogP contribution in [-0.2, 0) is 40.2 Å². The summed E-state index contributed by atoms with van der Waals surface area (Å²) >= 11 is 0. The molecule has 0 radical (unpaired) electrons. The molecule has 5 saturated heterocycles. The maximum absolute atomic E-state index is 14.3. The van der Waals surface area contributed by atoms with Crippen LogP contribution in [0.5, 0.6) is 0 Å². The Morgan fingerprint density at radius 1 is 0.580 bits per heavy atom. The normalized spacial score (nSPS) is 24.9. The first-order valence-corrected chi connectivity index (χ1v) is 34.2. The second-order valence-corrected chi connectivity index (χ2v) is 31.9. The number of likely N-dealkylation sites (tertiary alicyclic amines) is 3. The molecule has 5 aliphatic heterocycles. The lowest BCUT2D eigenvalue weighted by molar-refractivity contribution is -0.129. The Labute approximate surface area is 533 Å². The fourth-order valence-electron chi connectivity index (χ4n) is 16.4. The Hall–Kier alpha value is -4.76. The maximum atomic E-state index is 14.3. The van der Waals surface area contributed by atoms with Crippen LogP contribution in [0.15, 0.2) is 60.7 Å². The number of nitrogens with one attached hydrogen (secondary N) is 4. The molecule has 88 heavy (non-hydrogen) atoms. The molecular weight excluding hydrogens is 1100 g/mol. The van der Waals surface area contributed by atoms with Crippen molar-refractivity contribution >= 4 is 23.6 Å². The number of hydrogen-bond acceptors (Lipinski definition) is 8. The molecule has 11 rings (SSSR count). The number of fused-ring (bicyclic) bond motifs is 6. The molecule has 1 unspecified atom stereocenters. The smallest absolute Gasteiger partial charge is 0.243 e. The van der Waals surface area contributed by atoms with E-state index in [0.29, 0.717) is 53.8 Å². The van der Waals surface area contributed by atoms with Crippen molar-refractivity contribution in [3.05, 3.63) is 106 Å². The van der Waals surface area contributed by atoms with E-state index in [4.69, 9.17) is 4.74 Å². The van der Waals surface area contributed by atoms with E-state index in [-0.39, 0.29) is 75.8 Å². The van der Waals surface area contributed by atoms with Crippen LogP contribution >= 0.6 is 0 Å². The molecule has 0 aromatic heterocycles. The summed E-state index contributed by atoms with van der Waals surface area (Å²) in [4.78, 5) is 56.5. The Balaban J connectivity index is 0.000000246. The molecule has 12 nitrogen and oxygen atoms in total. The van der Waals surface area contributed by atoms with Gasteiger partial charge in [0.25, 0.3) is 0 Å². The predicted molar refractivity (Wildman–Crippen MR) is 357 cm³/mol. The van der Waals surface area contributed by atoms with E-state index < -0.39 is 6.04 Å². The number of benzene rings is 3. The first-order chi connectivity index (χ1) is 41.6. The van der Waals surface area contributed by atoms with Crippen LogP contribution in [-0.4, -0.2) is 116 Å². The third kappa shape index (κ3) is 17.2. The fourth-order valence-corrected chi connectivity index (χ4v) is 16.4. The van der Waals surface area contributed by atoms with Crippen molar-refractivity contribution in [2.24, 2.45) is 22.2 Å². The standard InChI is InChI=1S/C26H39FN2O2.C25H36FN3O2.C23H36N2O.4H2/c1-25(2,3)10-13-29-14-11-26(12-15-29)9-6-23(21-5-4-20(27)18-22(21)26)28-24(30)19-7-16-31-17-8-19;1-24(2,3)10-13-29-14-11-25(12-15-29)9-8-20(18-5-4-17(26)16-19(18)25)28-23(31)21-6-7-22(30)27-21;1-17(16-22(3,4)5)25-14-12-23(13-15-25)11-10-21(24-18(2)26)19-8-6-7-9-20(19)23;;;;/h4-5,18-19,23H,6-17H2,1-3H3,(H,28,30);4-5,16,20-21H,6-15H2,1-3H3,(H,27,30)(H,28,31);6-9,17,21H,10-16H2,1-5H3,(H,24,26);4*1H/t23-;20-,21+;17?,21-;;;;/m000..../s1. The van der Waals surface area contributed by atoms with Crippen molar-refractivity contribution < 1.29 is 38.4 Å².